The van der Waals surface area contributed by atoms with E-state index in [9.17, 15) is 14.4 Å². The largest absolute Gasteiger partial charge is 0.350 e. The molecule has 1 fully saturated rings. The van der Waals surface area contributed by atoms with Crippen LogP contribution in [0.5, 0.6) is 0 Å². The van der Waals surface area contributed by atoms with Gasteiger partial charge in [0.1, 0.15) is 0 Å². The minimum Gasteiger partial charge on any atom is -0.350 e. The van der Waals surface area contributed by atoms with Crippen LogP contribution < -0.4 is 16.0 Å². The number of carbonyl (C=O) groups is 3. The van der Waals surface area contributed by atoms with Gasteiger partial charge in [0.2, 0.25) is 0 Å². The van der Waals surface area contributed by atoms with Crippen molar-refractivity contribution in [2.24, 2.45) is 0 Å². The normalized spacial score (nSPS) is 17.2. The van der Waals surface area contributed by atoms with Gasteiger partial charge in [-0.1, -0.05) is 19.1 Å². The van der Waals surface area contributed by atoms with Crippen LogP contribution in [0, 0.1) is 0 Å². The molecule has 1 aliphatic rings. The Morgan fingerprint density at radius 3 is 2.62 bits per heavy atom. The summed E-state index contributed by atoms with van der Waals surface area (Å²) in [6.45, 7) is 8.22. The standard InChI is InChI=1S/C19H28N4O3/c1-4-23-11-7-8-14(23)12-20-18(25)19(26)22-16-10-6-5-9-15(16)17(24)21-13(2)3/h5-6,9-10,13-14H,4,7-8,11-12H2,1-3H3,(H,20,25)(H,21,24)(H,22,26)/t14-/m1/s1. The van der Waals surface area contributed by atoms with E-state index in [0.717, 1.165) is 25.9 Å². The third-order valence-corrected chi connectivity index (χ3v) is 4.45. The first-order valence-corrected chi connectivity index (χ1v) is 9.15. The maximum Gasteiger partial charge on any atom is 0.313 e. The summed E-state index contributed by atoms with van der Waals surface area (Å²) in [7, 11) is 0. The van der Waals surface area contributed by atoms with Crippen LogP contribution in [0.3, 0.4) is 0 Å². The molecular weight excluding hydrogens is 332 g/mol. The fourth-order valence-corrected chi connectivity index (χ4v) is 3.14. The highest BCUT2D eigenvalue weighted by molar-refractivity contribution is 6.40. The van der Waals surface area contributed by atoms with Gasteiger partial charge in [-0.25, -0.2) is 0 Å². The van der Waals surface area contributed by atoms with Crippen molar-refractivity contribution in [1.82, 2.24) is 15.5 Å². The number of likely N-dealkylation sites (tertiary alicyclic amines) is 1. The van der Waals surface area contributed by atoms with Gasteiger partial charge in [0.25, 0.3) is 5.91 Å². The number of hydrogen-bond donors (Lipinski definition) is 3. The Morgan fingerprint density at radius 2 is 1.92 bits per heavy atom. The molecule has 2 rings (SSSR count). The van der Waals surface area contributed by atoms with E-state index in [1.165, 1.54) is 0 Å². The fourth-order valence-electron chi connectivity index (χ4n) is 3.14. The molecule has 142 valence electrons. The van der Waals surface area contributed by atoms with Crippen molar-refractivity contribution in [2.45, 2.75) is 45.7 Å². The molecule has 1 saturated heterocycles. The van der Waals surface area contributed by atoms with Crippen LogP contribution in [0.2, 0.25) is 0 Å². The second-order valence-corrected chi connectivity index (χ2v) is 6.76. The Bertz CT molecular complexity index is 660. The molecule has 0 saturated carbocycles. The summed E-state index contributed by atoms with van der Waals surface area (Å²) < 4.78 is 0. The van der Waals surface area contributed by atoms with Gasteiger partial charge in [-0.05, 0) is 51.9 Å². The van der Waals surface area contributed by atoms with Crippen LogP contribution >= 0.6 is 0 Å². The number of nitrogens with zero attached hydrogens (tertiary/aromatic N) is 1. The summed E-state index contributed by atoms with van der Waals surface area (Å²) in [6.07, 6.45) is 2.13. The van der Waals surface area contributed by atoms with E-state index in [0.29, 0.717) is 17.8 Å². The molecule has 1 aromatic rings. The van der Waals surface area contributed by atoms with Gasteiger partial charge in [-0.15, -0.1) is 0 Å². The molecule has 3 N–H and O–H groups in total. The van der Waals surface area contributed by atoms with E-state index in [4.69, 9.17) is 0 Å². The lowest BCUT2D eigenvalue weighted by Gasteiger charge is -2.22. The van der Waals surface area contributed by atoms with Crippen molar-refractivity contribution in [2.75, 3.05) is 25.0 Å². The molecule has 26 heavy (non-hydrogen) atoms. The summed E-state index contributed by atoms with van der Waals surface area (Å²) in [6, 6.07) is 6.89. The minimum absolute atomic E-state index is 0.0255. The first-order chi connectivity index (χ1) is 12.4. The lowest BCUT2D eigenvalue weighted by Crippen LogP contribution is -2.43. The fraction of sp³-hybridized carbons (Fsp3) is 0.526. The monoisotopic (exact) mass is 360 g/mol. The van der Waals surface area contributed by atoms with Crippen molar-refractivity contribution in [3.8, 4) is 0 Å². The van der Waals surface area contributed by atoms with Gasteiger partial charge in [0, 0.05) is 18.6 Å². The Balaban J connectivity index is 1.94. The van der Waals surface area contributed by atoms with Gasteiger partial charge < -0.3 is 16.0 Å². The van der Waals surface area contributed by atoms with Crippen LogP contribution in [-0.4, -0.2) is 54.3 Å². The second kappa shape index (κ2) is 9.33. The van der Waals surface area contributed by atoms with E-state index in [-0.39, 0.29) is 18.0 Å². The van der Waals surface area contributed by atoms with E-state index in [2.05, 4.69) is 27.8 Å². The van der Waals surface area contributed by atoms with Crippen molar-refractivity contribution >= 4 is 23.4 Å². The molecular formula is C19H28N4O3. The molecule has 0 bridgehead atoms. The minimum atomic E-state index is -0.768. The summed E-state index contributed by atoms with van der Waals surface area (Å²) in [4.78, 5) is 38.8. The van der Waals surface area contributed by atoms with Gasteiger partial charge in [-0.2, -0.15) is 0 Å². The Kier molecular flexibility index (Phi) is 7.15. The highest BCUT2D eigenvalue weighted by atomic mass is 16.2. The summed E-state index contributed by atoms with van der Waals surface area (Å²) in [5.74, 6) is -1.75. The van der Waals surface area contributed by atoms with E-state index in [1.54, 1.807) is 24.3 Å². The third-order valence-electron chi connectivity index (χ3n) is 4.45. The predicted molar refractivity (Wildman–Crippen MR) is 101 cm³/mol. The molecule has 3 amide bonds. The maximum absolute atomic E-state index is 12.2. The quantitative estimate of drug-likeness (QED) is 0.668. The number of benzene rings is 1. The molecule has 1 heterocycles. The number of para-hydroxylation sites is 1. The molecule has 7 nitrogen and oxygen atoms in total. The smallest absolute Gasteiger partial charge is 0.313 e. The molecule has 1 aromatic carbocycles. The zero-order chi connectivity index (χ0) is 19.1. The van der Waals surface area contributed by atoms with Gasteiger partial charge in [0.05, 0.1) is 11.3 Å². The zero-order valence-electron chi connectivity index (χ0n) is 15.7. The van der Waals surface area contributed by atoms with Crippen molar-refractivity contribution in [1.29, 1.82) is 0 Å². The van der Waals surface area contributed by atoms with Gasteiger partial charge >= 0.3 is 11.8 Å². The Hall–Kier alpha value is -2.41. The molecule has 0 aromatic heterocycles. The van der Waals surface area contributed by atoms with Crippen molar-refractivity contribution in [3.63, 3.8) is 0 Å². The van der Waals surface area contributed by atoms with Crippen LogP contribution in [-0.2, 0) is 9.59 Å². The number of anilines is 1. The molecule has 7 heteroatoms. The van der Waals surface area contributed by atoms with Gasteiger partial charge in [0.15, 0.2) is 0 Å². The number of hydrogen-bond acceptors (Lipinski definition) is 4. The van der Waals surface area contributed by atoms with Gasteiger partial charge in [-0.3, -0.25) is 19.3 Å². The maximum atomic E-state index is 12.2. The first kappa shape index (κ1) is 19.9. The Labute approximate surface area is 154 Å². The van der Waals surface area contributed by atoms with Crippen LogP contribution in [0.25, 0.3) is 0 Å². The van der Waals surface area contributed by atoms with E-state index < -0.39 is 11.8 Å². The van der Waals surface area contributed by atoms with Crippen LogP contribution in [0.1, 0.15) is 44.0 Å². The molecule has 0 aliphatic carbocycles. The SMILES string of the molecule is CCN1CCC[C@@H]1CNC(=O)C(=O)Nc1ccccc1C(=O)NC(C)C. The number of likely N-dealkylation sites (N-methyl/N-ethyl adjacent to an activating group) is 1. The molecule has 0 unspecified atom stereocenters. The van der Waals surface area contributed by atoms with Crippen LogP contribution in [0.15, 0.2) is 24.3 Å². The molecule has 0 spiro atoms. The van der Waals surface area contributed by atoms with E-state index >= 15 is 0 Å². The molecule has 1 aliphatic heterocycles. The number of carbonyl (C=O) groups excluding carboxylic acids is 3. The molecule has 1 atom stereocenters. The van der Waals surface area contributed by atoms with E-state index in [1.807, 2.05) is 13.8 Å². The van der Waals surface area contributed by atoms with Crippen molar-refractivity contribution < 1.29 is 14.4 Å². The average molecular weight is 360 g/mol. The lowest BCUT2D eigenvalue weighted by atomic mass is 10.1. The third kappa shape index (κ3) is 5.29. The molecule has 0 radical (unpaired) electrons. The van der Waals surface area contributed by atoms with Crippen LogP contribution in [0.4, 0.5) is 5.69 Å². The average Bonchev–Trinajstić information content (AvgIpc) is 3.07. The first-order valence-electron chi connectivity index (χ1n) is 9.15. The van der Waals surface area contributed by atoms with Crippen molar-refractivity contribution in [3.05, 3.63) is 29.8 Å². The predicted octanol–water partition coefficient (Wildman–Crippen LogP) is 1.36. The topological polar surface area (TPSA) is 90.5 Å². The number of rotatable bonds is 6. The number of nitrogens with one attached hydrogen (secondary N) is 3. The summed E-state index contributed by atoms with van der Waals surface area (Å²) in [5.41, 5.74) is 0.650. The summed E-state index contributed by atoms with van der Waals surface area (Å²) in [5, 5.41) is 8.02. The second-order valence-electron chi connectivity index (χ2n) is 6.76. The highest BCUT2D eigenvalue weighted by Crippen LogP contribution is 2.16. The summed E-state index contributed by atoms with van der Waals surface area (Å²) >= 11 is 0. The zero-order valence-corrected chi connectivity index (χ0v) is 15.7. The highest BCUT2D eigenvalue weighted by Gasteiger charge is 2.25. The lowest BCUT2D eigenvalue weighted by molar-refractivity contribution is -0.136. The number of amides is 3. The Morgan fingerprint density at radius 1 is 1.19 bits per heavy atom.